The van der Waals surface area contributed by atoms with E-state index in [0.717, 1.165) is 5.69 Å². The van der Waals surface area contributed by atoms with Gasteiger partial charge < -0.3 is 30.5 Å². The van der Waals surface area contributed by atoms with Crippen molar-refractivity contribution in [2.24, 2.45) is 0 Å². The van der Waals surface area contributed by atoms with Crippen molar-refractivity contribution < 1.29 is 24.2 Å². The molecule has 0 radical (unpaired) electrons. The maximum Gasteiger partial charge on any atom is 0.263 e. The summed E-state index contributed by atoms with van der Waals surface area (Å²) in [7, 11) is 1.52. The van der Waals surface area contributed by atoms with E-state index in [2.05, 4.69) is 30.9 Å². The molecule has 2 aliphatic rings. The summed E-state index contributed by atoms with van der Waals surface area (Å²) in [5.74, 6) is 0.702. The summed E-state index contributed by atoms with van der Waals surface area (Å²) in [6.45, 7) is 0.488. The van der Waals surface area contributed by atoms with Crippen molar-refractivity contribution in [1.82, 2.24) is 20.3 Å². The summed E-state index contributed by atoms with van der Waals surface area (Å²) >= 11 is 0. The number of hydrogen-bond acceptors (Lipinski definition) is 9. The maximum atomic E-state index is 13.0. The summed E-state index contributed by atoms with van der Waals surface area (Å²) in [4.78, 5) is 37.6. The lowest BCUT2D eigenvalue weighted by atomic mass is 9.81. The summed E-state index contributed by atoms with van der Waals surface area (Å²) in [6, 6.07) is 8.88. The highest BCUT2D eigenvalue weighted by atomic mass is 16.5. The number of anilines is 2. The zero-order chi connectivity index (χ0) is 24.4. The molecule has 3 aromatic rings. The average molecular weight is 479 g/mol. The Bertz CT molecular complexity index is 1270. The van der Waals surface area contributed by atoms with Gasteiger partial charge in [-0.25, -0.2) is 9.97 Å². The molecule has 4 N–H and O–H groups in total. The second kappa shape index (κ2) is 9.43. The number of nitrogens with one attached hydrogen (secondary N) is 3. The maximum absolute atomic E-state index is 13.0. The van der Waals surface area contributed by atoms with Crippen LogP contribution in [0.4, 0.5) is 11.5 Å². The predicted octanol–water partition coefficient (Wildman–Crippen LogP) is 1.77. The molecule has 5 rings (SSSR count). The van der Waals surface area contributed by atoms with Crippen LogP contribution < -0.4 is 25.4 Å². The number of nitrogens with zero attached hydrogens (tertiary/aromatic N) is 3. The van der Waals surface area contributed by atoms with E-state index in [0.29, 0.717) is 66.4 Å². The third-order valence-electron chi connectivity index (χ3n) is 6.36. The highest BCUT2D eigenvalue weighted by molar-refractivity contribution is 6.02. The topological polar surface area (TPSA) is 148 Å². The highest BCUT2D eigenvalue weighted by Gasteiger charge is 2.40. The lowest BCUT2D eigenvalue weighted by Crippen LogP contribution is -2.48. The molecule has 0 spiro atoms. The van der Waals surface area contributed by atoms with Gasteiger partial charge in [0, 0.05) is 24.8 Å². The summed E-state index contributed by atoms with van der Waals surface area (Å²) in [5.41, 5.74) is 0.879. The van der Waals surface area contributed by atoms with Gasteiger partial charge in [-0.05, 0) is 49.9 Å². The standard InChI is InChI=1S/C24H26N6O5/c1-34-20-5-3-16-21(30-20)17(8-11-25-16)28-23(32)24(33)9-6-14(7-10-24)26-12-15-2-4-18-22(27-15)29-19(31)13-35-18/h2-5,8,11,14,26,33H,6-7,9-10,12-13H2,1H3,(H,25,28,32)(H,27,29,31)/t14-,24+. The molecule has 11 nitrogen and oxygen atoms in total. The molecule has 1 aliphatic carbocycles. The van der Waals surface area contributed by atoms with E-state index < -0.39 is 11.5 Å². The molecule has 11 heteroatoms. The molecule has 0 bridgehead atoms. The van der Waals surface area contributed by atoms with E-state index in [1.165, 1.54) is 7.11 Å². The summed E-state index contributed by atoms with van der Waals surface area (Å²) in [6.07, 6.45) is 3.47. The second-order valence-electron chi connectivity index (χ2n) is 8.71. The number of carbonyl (C=O) groups excluding carboxylic acids is 2. The summed E-state index contributed by atoms with van der Waals surface area (Å²) in [5, 5.41) is 20.0. The first-order valence-corrected chi connectivity index (χ1v) is 11.4. The number of carbonyl (C=O) groups is 2. The third-order valence-corrected chi connectivity index (χ3v) is 6.36. The first-order chi connectivity index (χ1) is 16.9. The van der Waals surface area contributed by atoms with Crippen LogP contribution in [0.15, 0.2) is 36.5 Å². The van der Waals surface area contributed by atoms with Gasteiger partial charge in [0.25, 0.3) is 11.8 Å². The van der Waals surface area contributed by atoms with Crippen LogP contribution in [0.5, 0.6) is 11.6 Å². The van der Waals surface area contributed by atoms with Crippen LogP contribution >= 0.6 is 0 Å². The molecule has 35 heavy (non-hydrogen) atoms. The molecular formula is C24H26N6O5. The fraction of sp³-hybridized carbons (Fsp3) is 0.375. The van der Waals surface area contributed by atoms with E-state index in [4.69, 9.17) is 9.47 Å². The Morgan fingerprint density at radius 3 is 2.86 bits per heavy atom. The van der Waals surface area contributed by atoms with Crippen molar-refractivity contribution in [3.05, 3.63) is 42.2 Å². The Kier molecular flexibility index (Phi) is 6.18. The van der Waals surface area contributed by atoms with Crippen molar-refractivity contribution in [3.8, 4) is 11.6 Å². The van der Waals surface area contributed by atoms with Gasteiger partial charge in [-0.2, -0.15) is 0 Å². The van der Waals surface area contributed by atoms with E-state index in [1.807, 2.05) is 6.07 Å². The van der Waals surface area contributed by atoms with Gasteiger partial charge in [0.1, 0.15) is 11.1 Å². The number of hydrogen-bond donors (Lipinski definition) is 4. The first-order valence-electron chi connectivity index (χ1n) is 11.4. The number of pyridine rings is 3. The van der Waals surface area contributed by atoms with Gasteiger partial charge in [-0.15, -0.1) is 0 Å². The molecule has 4 heterocycles. The number of methoxy groups -OCH3 is 1. The monoisotopic (exact) mass is 478 g/mol. The van der Waals surface area contributed by atoms with E-state index in [-0.39, 0.29) is 18.6 Å². The molecule has 1 aliphatic heterocycles. The number of ether oxygens (including phenoxy) is 2. The van der Waals surface area contributed by atoms with Gasteiger partial charge in [-0.1, -0.05) is 0 Å². The van der Waals surface area contributed by atoms with E-state index in [1.54, 1.807) is 30.5 Å². The van der Waals surface area contributed by atoms with Gasteiger partial charge in [0.2, 0.25) is 5.88 Å². The molecule has 0 aromatic carbocycles. The van der Waals surface area contributed by atoms with Gasteiger partial charge in [0.05, 0.1) is 24.0 Å². The molecule has 0 atom stereocenters. The molecule has 3 aromatic heterocycles. The van der Waals surface area contributed by atoms with Crippen molar-refractivity contribution in [1.29, 1.82) is 0 Å². The number of amides is 2. The van der Waals surface area contributed by atoms with Crippen molar-refractivity contribution in [2.45, 2.75) is 43.9 Å². The third kappa shape index (κ3) is 4.86. The Morgan fingerprint density at radius 1 is 1.23 bits per heavy atom. The van der Waals surface area contributed by atoms with Crippen LogP contribution in [0.25, 0.3) is 11.0 Å². The Morgan fingerprint density at radius 2 is 2.06 bits per heavy atom. The van der Waals surface area contributed by atoms with Crippen LogP contribution in [0.2, 0.25) is 0 Å². The molecular weight excluding hydrogens is 452 g/mol. The number of rotatable bonds is 6. The minimum absolute atomic E-state index is 0.00702. The molecule has 1 fully saturated rings. The van der Waals surface area contributed by atoms with Gasteiger partial charge in [0.15, 0.2) is 18.2 Å². The number of fused-ring (bicyclic) bond motifs is 2. The van der Waals surface area contributed by atoms with Crippen LogP contribution in [-0.4, -0.2) is 57.2 Å². The predicted molar refractivity (Wildman–Crippen MR) is 127 cm³/mol. The van der Waals surface area contributed by atoms with Gasteiger partial charge in [-0.3, -0.25) is 14.6 Å². The van der Waals surface area contributed by atoms with Crippen LogP contribution in [0, 0.1) is 0 Å². The van der Waals surface area contributed by atoms with Crippen molar-refractivity contribution in [2.75, 3.05) is 24.4 Å². The number of aromatic nitrogens is 3. The van der Waals surface area contributed by atoms with Crippen LogP contribution in [0.3, 0.4) is 0 Å². The summed E-state index contributed by atoms with van der Waals surface area (Å²) < 4.78 is 10.5. The normalized spacial score (nSPS) is 21.5. The highest BCUT2D eigenvalue weighted by Crippen LogP contribution is 2.31. The molecule has 0 saturated heterocycles. The van der Waals surface area contributed by atoms with E-state index in [9.17, 15) is 14.7 Å². The lowest BCUT2D eigenvalue weighted by molar-refractivity contribution is -0.137. The molecule has 0 unspecified atom stereocenters. The Balaban J connectivity index is 1.18. The first kappa shape index (κ1) is 22.9. The van der Waals surface area contributed by atoms with Crippen molar-refractivity contribution >= 4 is 34.4 Å². The Labute approximate surface area is 201 Å². The van der Waals surface area contributed by atoms with Gasteiger partial charge >= 0.3 is 0 Å². The fourth-order valence-electron chi connectivity index (χ4n) is 4.34. The fourth-order valence-corrected chi connectivity index (χ4v) is 4.34. The second-order valence-corrected chi connectivity index (χ2v) is 8.71. The quantitative estimate of drug-likeness (QED) is 0.416. The molecule has 1 saturated carbocycles. The largest absolute Gasteiger partial charge is 0.481 e. The zero-order valence-electron chi connectivity index (χ0n) is 19.2. The average Bonchev–Trinajstić information content (AvgIpc) is 2.88. The lowest BCUT2D eigenvalue weighted by Gasteiger charge is -2.35. The van der Waals surface area contributed by atoms with Crippen LogP contribution in [0.1, 0.15) is 31.4 Å². The smallest absolute Gasteiger partial charge is 0.263 e. The molecule has 182 valence electrons. The van der Waals surface area contributed by atoms with Crippen LogP contribution in [-0.2, 0) is 16.1 Å². The number of aliphatic hydroxyl groups is 1. The van der Waals surface area contributed by atoms with Crippen molar-refractivity contribution in [3.63, 3.8) is 0 Å². The van der Waals surface area contributed by atoms with E-state index >= 15 is 0 Å². The Hall–Kier alpha value is -3.83. The SMILES string of the molecule is COc1ccc2nccc(NC(=O)[C@]3(O)CC[C@@H](NCc4ccc5c(n4)NC(=O)CO5)CC3)c2n1. The minimum Gasteiger partial charge on any atom is -0.481 e. The zero-order valence-corrected chi connectivity index (χ0v) is 19.2. The molecule has 2 amide bonds. The minimum atomic E-state index is -1.47.